The Morgan fingerprint density at radius 1 is 0.727 bits per heavy atom. The average Bonchev–Trinajstić information content (AvgIpc) is 3.06. The van der Waals surface area contributed by atoms with Crippen molar-refractivity contribution >= 4 is 5.82 Å². The lowest BCUT2D eigenvalue weighted by Crippen LogP contribution is -2.18. The maximum absolute atomic E-state index is 13.9. The molecule has 0 aliphatic heterocycles. The SMILES string of the molecule is CCc1ccc(-c2cnc(N)c(-c3ccc(-c4cn(CC5CCCCC5)cc(-c5ccc(C)cc5)c4=O)cn3)c2)cc1CC. The molecule has 0 bridgehead atoms. The van der Waals surface area contributed by atoms with Gasteiger partial charge in [-0.15, -0.1) is 0 Å². The van der Waals surface area contributed by atoms with E-state index in [2.05, 4.69) is 66.7 Å². The molecule has 224 valence electrons. The maximum atomic E-state index is 13.9. The smallest absolute Gasteiger partial charge is 0.197 e. The lowest BCUT2D eigenvalue weighted by Gasteiger charge is -2.23. The van der Waals surface area contributed by atoms with Gasteiger partial charge in [-0.3, -0.25) is 9.78 Å². The van der Waals surface area contributed by atoms with Gasteiger partial charge in [-0.2, -0.15) is 0 Å². The van der Waals surface area contributed by atoms with Gasteiger partial charge in [-0.25, -0.2) is 4.98 Å². The summed E-state index contributed by atoms with van der Waals surface area (Å²) < 4.78 is 2.23. The molecule has 1 aliphatic carbocycles. The van der Waals surface area contributed by atoms with E-state index >= 15 is 0 Å². The van der Waals surface area contributed by atoms with Crippen LogP contribution in [0, 0.1) is 12.8 Å². The van der Waals surface area contributed by atoms with Gasteiger partial charge in [0.05, 0.1) is 5.69 Å². The summed E-state index contributed by atoms with van der Waals surface area (Å²) in [6.45, 7) is 7.37. The summed E-state index contributed by atoms with van der Waals surface area (Å²) in [6, 6.07) is 20.9. The van der Waals surface area contributed by atoms with Crippen molar-refractivity contribution in [3.63, 3.8) is 0 Å². The highest BCUT2D eigenvalue weighted by atomic mass is 16.1. The van der Waals surface area contributed by atoms with Crippen LogP contribution in [0.5, 0.6) is 0 Å². The van der Waals surface area contributed by atoms with E-state index in [9.17, 15) is 4.79 Å². The second-order valence-electron chi connectivity index (χ2n) is 12.3. The third kappa shape index (κ3) is 6.23. The molecule has 44 heavy (non-hydrogen) atoms. The van der Waals surface area contributed by atoms with Crippen molar-refractivity contribution in [2.75, 3.05) is 5.73 Å². The molecule has 6 rings (SSSR count). The van der Waals surface area contributed by atoms with Crippen LogP contribution in [0.3, 0.4) is 0 Å². The number of aryl methyl sites for hydroxylation is 3. The molecule has 0 radical (unpaired) electrons. The molecule has 0 unspecified atom stereocenters. The zero-order chi connectivity index (χ0) is 30.6. The highest BCUT2D eigenvalue weighted by Gasteiger charge is 2.18. The molecule has 5 aromatic rings. The van der Waals surface area contributed by atoms with Gasteiger partial charge in [0.25, 0.3) is 0 Å². The van der Waals surface area contributed by atoms with Crippen molar-refractivity contribution in [3.8, 4) is 44.6 Å². The highest BCUT2D eigenvalue weighted by Crippen LogP contribution is 2.32. The van der Waals surface area contributed by atoms with Gasteiger partial charge in [-0.05, 0) is 72.9 Å². The summed E-state index contributed by atoms with van der Waals surface area (Å²) in [6.07, 6.45) is 16.1. The zero-order valence-electron chi connectivity index (χ0n) is 26.1. The number of hydrogen-bond donors (Lipinski definition) is 1. The standard InChI is InChI=1S/C39H42N4O/c1-4-28-15-16-31(19-29(28)5-2)33-20-34(39(40)42-22-33)37-18-17-32(21-41-37)36-25-43(23-27-9-7-6-8-10-27)24-35(38(36)44)30-13-11-26(3)12-14-30/h11-22,24-25,27H,4-10,23H2,1-3H3,(H2,40,42). The van der Waals surface area contributed by atoms with Crippen molar-refractivity contribution < 1.29 is 0 Å². The molecular formula is C39H42N4O. The number of anilines is 1. The highest BCUT2D eigenvalue weighted by molar-refractivity contribution is 5.79. The Bertz CT molecular complexity index is 1810. The van der Waals surface area contributed by atoms with Crippen LogP contribution in [0.15, 0.2) is 90.2 Å². The number of pyridine rings is 3. The number of benzene rings is 2. The molecule has 2 N–H and O–H groups in total. The number of hydrogen-bond acceptors (Lipinski definition) is 4. The fourth-order valence-corrected chi connectivity index (χ4v) is 6.58. The minimum Gasteiger partial charge on any atom is -0.383 e. The maximum Gasteiger partial charge on any atom is 0.197 e. The molecule has 0 amide bonds. The van der Waals surface area contributed by atoms with Crippen LogP contribution in [-0.2, 0) is 19.4 Å². The van der Waals surface area contributed by atoms with Crippen molar-refractivity contribution in [3.05, 3.63) is 112 Å². The Labute approximate surface area is 260 Å². The van der Waals surface area contributed by atoms with Crippen LogP contribution in [-0.4, -0.2) is 14.5 Å². The molecule has 1 fully saturated rings. The molecule has 3 aromatic heterocycles. The van der Waals surface area contributed by atoms with Crippen molar-refractivity contribution in [1.82, 2.24) is 14.5 Å². The van der Waals surface area contributed by atoms with Crippen LogP contribution in [0.2, 0.25) is 0 Å². The molecule has 0 atom stereocenters. The van der Waals surface area contributed by atoms with Crippen molar-refractivity contribution in [1.29, 1.82) is 0 Å². The van der Waals surface area contributed by atoms with Gasteiger partial charge in [0.15, 0.2) is 5.43 Å². The Morgan fingerprint density at radius 3 is 2.07 bits per heavy atom. The van der Waals surface area contributed by atoms with E-state index in [-0.39, 0.29) is 5.43 Å². The van der Waals surface area contributed by atoms with Crippen LogP contribution in [0.1, 0.15) is 62.6 Å². The molecule has 5 heteroatoms. The van der Waals surface area contributed by atoms with Gasteiger partial charge in [0.2, 0.25) is 0 Å². The first kappa shape index (κ1) is 29.6. The molecule has 5 nitrogen and oxygen atoms in total. The van der Waals surface area contributed by atoms with Gasteiger partial charge >= 0.3 is 0 Å². The second kappa shape index (κ2) is 13.0. The normalized spacial score (nSPS) is 13.7. The first-order valence-electron chi connectivity index (χ1n) is 16.1. The van der Waals surface area contributed by atoms with E-state index in [1.54, 1.807) is 6.20 Å². The molecule has 1 aliphatic rings. The van der Waals surface area contributed by atoms with Crippen LogP contribution in [0.25, 0.3) is 44.6 Å². The quantitative estimate of drug-likeness (QED) is 0.198. The molecule has 0 spiro atoms. The predicted molar refractivity (Wildman–Crippen MR) is 183 cm³/mol. The van der Waals surface area contributed by atoms with Gasteiger partial charge in [0, 0.05) is 59.1 Å². The third-order valence-corrected chi connectivity index (χ3v) is 9.21. The van der Waals surface area contributed by atoms with E-state index in [1.807, 2.05) is 42.9 Å². The van der Waals surface area contributed by atoms with E-state index in [1.165, 1.54) is 48.8 Å². The second-order valence-corrected chi connectivity index (χ2v) is 12.3. The lowest BCUT2D eigenvalue weighted by molar-refractivity contribution is 0.319. The minimum absolute atomic E-state index is 0.0220. The minimum atomic E-state index is 0.0220. The number of nitrogens with two attached hydrogens (primary N) is 1. The Balaban J connectivity index is 1.36. The molecule has 3 heterocycles. The summed E-state index contributed by atoms with van der Waals surface area (Å²) in [5, 5.41) is 0. The van der Waals surface area contributed by atoms with Crippen molar-refractivity contribution in [2.24, 2.45) is 5.92 Å². The Morgan fingerprint density at radius 2 is 1.39 bits per heavy atom. The van der Waals surface area contributed by atoms with Crippen LogP contribution < -0.4 is 11.2 Å². The zero-order valence-corrected chi connectivity index (χ0v) is 26.1. The largest absolute Gasteiger partial charge is 0.383 e. The first-order valence-corrected chi connectivity index (χ1v) is 16.1. The number of aromatic nitrogens is 3. The Hall–Kier alpha value is -4.51. The molecule has 1 saturated carbocycles. The van der Waals surface area contributed by atoms with Gasteiger partial charge < -0.3 is 10.3 Å². The number of nitrogen functional groups attached to an aromatic ring is 1. The van der Waals surface area contributed by atoms with Crippen molar-refractivity contribution in [2.45, 2.75) is 72.3 Å². The van der Waals surface area contributed by atoms with Crippen LogP contribution >= 0.6 is 0 Å². The molecule has 0 saturated heterocycles. The van der Waals surface area contributed by atoms with E-state index in [0.717, 1.165) is 58.5 Å². The Kier molecular flexibility index (Phi) is 8.74. The number of rotatable bonds is 8. The van der Waals surface area contributed by atoms with E-state index in [4.69, 9.17) is 10.7 Å². The first-order chi connectivity index (χ1) is 21.4. The number of nitrogens with zero attached hydrogens (tertiary/aromatic N) is 3. The van der Waals surface area contributed by atoms with Crippen LogP contribution in [0.4, 0.5) is 5.82 Å². The van der Waals surface area contributed by atoms with E-state index in [0.29, 0.717) is 17.3 Å². The summed E-state index contributed by atoms with van der Waals surface area (Å²) in [7, 11) is 0. The monoisotopic (exact) mass is 582 g/mol. The summed E-state index contributed by atoms with van der Waals surface area (Å²) in [5.41, 5.74) is 17.1. The summed E-state index contributed by atoms with van der Waals surface area (Å²) in [4.78, 5) is 23.3. The average molecular weight is 583 g/mol. The third-order valence-electron chi connectivity index (χ3n) is 9.21. The summed E-state index contributed by atoms with van der Waals surface area (Å²) >= 11 is 0. The van der Waals surface area contributed by atoms with E-state index < -0.39 is 0 Å². The fourth-order valence-electron chi connectivity index (χ4n) is 6.58. The lowest BCUT2D eigenvalue weighted by atomic mass is 9.89. The van der Waals surface area contributed by atoms with Gasteiger partial charge in [0.1, 0.15) is 5.82 Å². The fraction of sp³-hybridized carbons (Fsp3) is 0.308. The predicted octanol–water partition coefficient (Wildman–Crippen LogP) is 8.90. The molecule has 2 aromatic carbocycles. The van der Waals surface area contributed by atoms with Gasteiger partial charge in [-0.1, -0.05) is 87.2 Å². The summed E-state index contributed by atoms with van der Waals surface area (Å²) in [5.74, 6) is 1.07. The molecular weight excluding hydrogens is 540 g/mol. The topological polar surface area (TPSA) is 73.8 Å².